The van der Waals surface area contributed by atoms with Crippen LogP contribution in [-0.4, -0.2) is 21.0 Å². The smallest absolute Gasteiger partial charge is 0.240 e. The van der Waals surface area contributed by atoms with Gasteiger partial charge in [0.1, 0.15) is 0 Å². The molecule has 1 rings (SSSR count). The topological polar surface area (TPSA) is 72.2 Å². The van der Waals surface area contributed by atoms with Crippen molar-refractivity contribution in [2.24, 2.45) is 5.73 Å². The zero-order valence-corrected chi connectivity index (χ0v) is 11.3. The minimum absolute atomic E-state index is 0.205. The monoisotopic (exact) mass is 276 g/mol. The molecule has 0 bridgehead atoms. The van der Waals surface area contributed by atoms with E-state index in [0.29, 0.717) is 11.6 Å². The maximum Gasteiger partial charge on any atom is 0.240 e. The van der Waals surface area contributed by atoms with Crippen LogP contribution in [0.4, 0.5) is 0 Å². The number of nitrogens with two attached hydrogens (primary N) is 1. The lowest BCUT2D eigenvalue weighted by Gasteiger charge is -2.16. The van der Waals surface area contributed by atoms with E-state index in [1.165, 1.54) is 12.1 Å². The van der Waals surface area contributed by atoms with Crippen LogP contribution in [0, 0.1) is 0 Å². The molecule has 0 fully saturated rings. The van der Waals surface area contributed by atoms with E-state index >= 15 is 0 Å². The molecular weight excluding hydrogens is 260 g/mol. The Balaban J connectivity index is 2.84. The molecule has 96 valence electrons. The van der Waals surface area contributed by atoms with Gasteiger partial charge in [0, 0.05) is 17.6 Å². The van der Waals surface area contributed by atoms with Crippen molar-refractivity contribution in [1.82, 2.24) is 4.72 Å². The Bertz CT molecular complexity index is 445. The molecule has 0 heterocycles. The molecule has 0 aliphatic rings. The SMILES string of the molecule is CCCC(CN)NS(=O)(=O)c1ccc(Cl)cc1. The highest BCUT2D eigenvalue weighted by atomic mass is 35.5. The summed E-state index contributed by atoms with van der Waals surface area (Å²) in [5.74, 6) is 0. The summed E-state index contributed by atoms with van der Waals surface area (Å²) in [5.41, 5.74) is 5.52. The summed E-state index contributed by atoms with van der Waals surface area (Å²) in [4.78, 5) is 0.205. The molecule has 1 aromatic carbocycles. The Morgan fingerprint density at radius 2 is 1.94 bits per heavy atom. The Hall–Kier alpha value is -0.620. The molecule has 1 unspecified atom stereocenters. The Morgan fingerprint density at radius 1 is 1.35 bits per heavy atom. The molecule has 0 aromatic heterocycles. The Morgan fingerprint density at radius 3 is 2.41 bits per heavy atom. The first-order valence-electron chi connectivity index (χ1n) is 5.47. The molecule has 4 nitrogen and oxygen atoms in total. The summed E-state index contributed by atoms with van der Waals surface area (Å²) < 4.78 is 26.5. The van der Waals surface area contributed by atoms with Crippen molar-refractivity contribution in [3.8, 4) is 0 Å². The number of nitrogens with one attached hydrogen (secondary N) is 1. The van der Waals surface area contributed by atoms with E-state index in [4.69, 9.17) is 17.3 Å². The van der Waals surface area contributed by atoms with Gasteiger partial charge in [-0.15, -0.1) is 0 Å². The fourth-order valence-corrected chi connectivity index (χ4v) is 2.88. The second-order valence-corrected chi connectivity index (χ2v) is 5.95. The number of hydrogen-bond acceptors (Lipinski definition) is 3. The largest absolute Gasteiger partial charge is 0.329 e. The van der Waals surface area contributed by atoms with Crippen LogP contribution in [0.5, 0.6) is 0 Å². The highest BCUT2D eigenvalue weighted by Gasteiger charge is 2.18. The maximum absolute atomic E-state index is 12.0. The molecule has 3 N–H and O–H groups in total. The predicted molar refractivity (Wildman–Crippen MR) is 69.5 cm³/mol. The molecule has 0 saturated carbocycles. The normalized spacial score (nSPS) is 13.6. The zero-order valence-electron chi connectivity index (χ0n) is 9.69. The Kier molecular flexibility index (Phi) is 5.39. The van der Waals surface area contributed by atoms with Crippen molar-refractivity contribution in [2.75, 3.05) is 6.54 Å². The van der Waals surface area contributed by atoms with E-state index in [0.717, 1.165) is 12.8 Å². The van der Waals surface area contributed by atoms with Gasteiger partial charge < -0.3 is 5.73 Å². The molecule has 0 aliphatic heterocycles. The van der Waals surface area contributed by atoms with Gasteiger partial charge in [-0.05, 0) is 30.7 Å². The number of sulfonamides is 1. The third-order valence-corrected chi connectivity index (χ3v) is 4.16. The van der Waals surface area contributed by atoms with Crippen LogP contribution in [0.25, 0.3) is 0 Å². The van der Waals surface area contributed by atoms with Crippen LogP contribution in [0.15, 0.2) is 29.2 Å². The third-order valence-electron chi connectivity index (χ3n) is 2.37. The van der Waals surface area contributed by atoms with Crippen molar-refractivity contribution < 1.29 is 8.42 Å². The first kappa shape index (κ1) is 14.4. The lowest BCUT2D eigenvalue weighted by Crippen LogP contribution is -2.39. The average Bonchev–Trinajstić information content (AvgIpc) is 2.28. The van der Waals surface area contributed by atoms with Crippen LogP contribution in [-0.2, 0) is 10.0 Å². The quantitative estimate of drug-likeness (QED) is 0.831. The van der Waals surface area contributed by atoms with Crippen LogP contribution in [0.3, 0.4) is 0 Å². The minimum Gasteiger partial charge on any atom is -0.329 e. The van der Waals surface area contributed by atoms with Crippen molar-refractivity contribution in [1.29, 1.82) is 0 Å². The number of halogens is 1. The highest BCUT2D eigenvalue weighted by molar-refractivity contribution is 7.89. The zero-order chi connectivity index (χ0) is 12.9. The second-order valence-electron chi connectivity index (χ2n) is 3.80. The number of rotatable bonds is 6. The Labute approximate surface area is 107 Å². The van der Waals surface area contributed by atoms with E-state index in [9.17, 15) is 8.42 Å². The molecule has 0 aliphatic carbocycles. The maximum atomic E-state index is 12.0. The van der Waals surface area contributed by atoms with Crippen molar-refractivity contribution in [2.45, 2.75) is 30.7 Å². The van der Waals surface area contributed by atoms with Crippen molar-refractivity contribution >= 4 is 21.6 Å². The van der Waals surface area contributed by atoms with E-state index in [1.807, 2.05) is 6.92 Å². The summed E-state index contributed by atoms with van der Waals surface area (Å²) in [6, 6.07) is 5.83. The van der Waals surface area contributed by atoms with E-state index < -0.39 is 10.0 Å². The number of hydrogen-bond donors (Lipinski definition) is 2. The highest BCUT2D eigenvalue weighted by Crippen LogP contribution is 2.14. The van der Waals surface area contributed by atoms with Gasteiger partial charge in [0.2, 0.25) is 10.0 Å². The lowest BCUT2D eigenvalue weighted by molar-refractivity contribution is 0.527. The van der Waals surface area contributed by atoms with E-state index in [-0.39, 0.29) is 10.9 Å². The molecule has 0 amide bonds. The standard InChI is InChI=1S/C11H17ClN2O2S/c1-2-3-10(8-13)14-17(15,16)11-6-4-9(12)5-7-11/h4-7,10,14H,2-3,8,13H2,1H3. The van der Waals surface area contributed by atoms with Crippen molar-refractivity contribution in [3.63, 3.8) is 0 Å². The van der Waals surface area contributed by atoms with Gasteiger partial charge >= 0.3 is 0 Å². The molecule has 1 atom stereocenters. The average molecular weight is 277 g/mol. The fraction of sp³-hybridized carbons (Fsp3) is 0.455. The molecule has 0 spiro atoms. The van der Waals surface area contributed by atoms with Gasteiger partial charge in [0.05, 0.1) is 4.90 Å². The van der Waals surface area contributed by atoms with Gasteiger partial charge in [0.15, 0.2) is 0 Å². The van der Waals surface area contributed by atoms with Crippen LogP contribution in [0.1, 0.15) is 19.8 Å². The van der Waals surface area contributed by atoms with Crippen LogP contribution < -0.4 is 10.5 Å². The molecule has 0 radical (unpaired) electrons. The van der Waals surface area contributed by atoms with Gasteiger partial charge in [-0.25, -0.2) is 13.1 Å². The summed E-state index contributed by atoms with van der Waals surface area (Å²) in [5, 5.41) is 0.507. The molecular formula is C11H17ClN2O2S. The fourth-order valence-electron chi connectivity index (χ4n) is 1.47. The summed E-state index contributed by atoms with van der Waals surface area (Å²) in [6.45, 7) is 2.28. The van der Waals surface area contributed by atoms with Gasteiger partial charge in [-0.3, -0.25) is 0 Å². The van der Waals surface area contributed by atoms with E-state index in [1.54, 1.807) is 12.1 Å². The van der Waals surface area contributed by atoms with Crippen LogP contribution in [0.2, 0.25) is 5.02 Å². The van der Waals surface area contributed by atoms with Crippen molar-refractivity contribution in [3.05, 3.63) is 29.3 Å². The van der Waals surface area contributed by atoms with Gasteiger partial charge in [0.25, 0.3) is 0 Å². The molecule has 0 saturated heterocycles. The molecule has 17 heavy (non-hydrogen) atoms. The van der Waals surface area contributed by atoms with E-state index in [2.05, 4.69) is 4.72 Å². The van der Waals surface area contributed by atoms with Crippen LogP contribution >= 0.6 is 11.6 Å². The van der Waals surface area contributed by atoms with Gasteiger partial charge in [-0.2, -0.15) is 0 Å². The first-order valence-corrected chi connectivity index (χ1v) is 7.33. The minimum atomic E-state index is -3.50. The lowest BCUT2D eigenvalue weighted by atomic mass is 10.2. The first-order chi connectivity index (χ1) is 7.99. The van der Waals surface area contributed by atoms with Gasteiger partial charge in [-0.1, -0.05) is 24.9 Å². The third kappa shape index (κ3) is 4.27. The molecule has 1 aromatic rings. The molecule has 6 heteroatoms. The summed E-state index contributed by atoms with van der Waals surface area (Å²) >= 11 is 5.71. The predicted octanol–water partition coefficient (Wildman–Crippen LogP) is 1.75. The second kappa shape index (κ2) is 6.35. The summed E-state index contributed by atoms with van der Waals surface area (Å²) in [7, 11) is -3.50. The number of benzene rings is 1. The summed E-state index contributed by atoms with van der Waals surface area (Å²) in [6.07, 6.45) is 1.61.